The van der Waals surface area contributed by atoms with Crippen molar-refractivity contribution in [3.05, 3.63) is 35.9 Å². The van der Waals surface area contributed by atoms with Crippen LogP contribution in [0.2, 0.25) is 0 Å². The molecule has 5 nitrogen and oxygen atoms in total. The fourth-order valence-electron chi connectivity index (χ4n) is 1.98. The van der Waals surface area contributed by atoms with Gasteiger partial charge in [-0.3, -0.25) is 4.99 Å². The second-order valence-electron chi connectivity index (χ2n) is 6.11. The minimum atomic E-state index is -3.08. The zero-order valence-corrected chi connectivity index (χ0v) is 15.4. The molecule has 1 aromatic rings. The van der Waals surface area contributed by atoms with Gasteiger partial charge in [0.2, 0.25) is 0 Å². The van der Waals surface area contributed by atoms with Crippen LogP contribution < -0.4 is 10.6 Å². The first-order valence-electron chi connectivity index (χ1n) is 8.05. The Morgan fingerprint density at radius 2 is 1.83 bits per heavy atom. The van der Waals surface area contributed by atoms with Gasteiger partial charge in [-0.25, -0.2) is 8.42 Å². The smallest absolute Gasteiger partial charge is 0.191 e. The van der Waals surface area contributed by atoms with Crippen molar-refractivity contribution in [3.8, 4) is 0 Å². The fraction of sp³-hybridized carbons (Fsp3) is 0.588. The fourth-order valence-corrected chi connectivity index (χ4v) is 3.40. The summed E-state index contributed by atoms with van der Waals surface area (Å²) in [5.74, 6) is 1.49. The number of nitrogens with zero attached hydrogens (tertiary/aromatic N) is 1. The molecule has 0 saturated carbocycles. The van der Waals surface area contributed by atoms with Gasteiger partial charge in [-0.1, -0.05) is 44.2 Å². The van der Waals surface area contributed by atoms with E-state index in [0.717, 1.165) is 5.56 Å². The topological polar surface area (TPSA) is 70.6 Å². The highest BCUT2D eigenvalue weighted by atomic mass is 32.2. The summed E-state index contributed by atoms with van der Waals surface area (Å²) >= 11 is 0. The van der Waals surface area contributed by atoms with E-state index in [1.54, 1.807) is 7.05 Å². The van der Waals surface area contributed by atoms with Gasteiger partial charge in [-0.05, 0) is 24.8 Å². The van der Waals surface area contributed by atoms with Crippen LogP contribution in [0, 0.1) is 5.92 Å². The number of hydrogen-bond donors (Lipinski definition) is 2. The number of hydrogen-bond acceptors (Lipinski definition) is 3. The molecule has 0 bridgehead atoms. The molecule has 0 heterocycles. The van der Waals surface area contributed by atoms with Gasteiger partial charge >= 0.3 is 0 Å². The Labute approximate surface area is 140 Å². The van der Waals surface area contributed by atoms with E-state index in [-0.39, 0.29) is 11.5 Å². The molecule has 1 atom stereocenters. The van der Waals surface area contributed by atoms with Crippen LogP contribution in [0.1, 0.15) is 32.8 Å². The van der Waals surface area contributed by atoms with Crippen molar-refractivity contribution in [2.75, 3.05) is 19.3 Å². The first-order chi connectivity index (χ1) is 10.8. The monoisotopic (exact) mass is 339 g/mol. The normalized spacial score (nSPS) is 13.9. The number of guanidine groups is 1. The summed E-state index contributed by atoms with van der Waals surface area (Å²) in [5.41, 5.74) is 0.837. The molecule has 0 aliphatic rings. The summed E-state index contributed by atoms with van der Waals surface area (Å²) in [4.78, 5) is 4.16. The molecule has 0 fully saturated rings. The Kier molecular flexibility index (Phi) is 8.09. The largest absolute Gasteiger partial charge is 0.356 e. The lowest BCUT2D eigenvalue weighted by atomic mass is 10.1. The molecule has 23 heavy (non-hydrogen) atoms. The van der Waals surface area contributed by atoms with Crippen molar-refractivity contribution in [3.63, 3.8) is 0 Å². The van der Waals surface area contributed by atoms with Crippen LogP contribution >= 0.6 is 0 Å². The summed E-state index contributed by atoms with van der Waals surface area (Å²) in [7, 11) is -1.36. The van der Waals surface area contributed by atoms with Crippen molar-refractivity contribution < 1.29 is 8.42 Å². The van der Waals surface area contributed by atoms with Gasteiger partial charge in [0.15, 0.2) is 15.8 Å². The summed E-state index contributed by atoms with van der Waals surface area (Å²) in [6.45, 7) is 6.96. The molecule has 130 valence electrons. The molecule has 1 unspecified atom stereocenters. The van der Waals surface area contributed by atoms with Crippen molar-refractivity contribution in [1.29, 1.82) is 0 Å². The lowest BCUT2D eigenvalue weighted by Crippen LogP contribution is -2.44. The predicted molar refractivity (Wildman–Crippen MR) is 97.3 cm³/mol. The number of benzene rings is 1. The second-order valence-corrected chi connectivity index (χ2v) is 8.29. The number of sulfone groups is 1. The van der Waals surface area contributed by atoms with Crippen molar-refractivity contribution >= 4 is 15.8 Å². The van der Waals surface area contributed by atoms with Gasteiger partial charge in [-0.2, -0.15) is 0 Å². The van der Waals surface area contributed by atoms with E-state index in [4.69, 9.17) is 0 Å². The maximum Gasteiger partial charge on any atom is 0.191 e. The third-order valence-electron chi connectivity index (χ3n) is 3.74. The number of nitrogens with one attached hydrogen (secondary N) is 2. The van der Waals surface area contributed by atoms with Crippen LogP contribution in [0.5, 0.6) is 0 Å². The average molecular weight is 340 g/mol. The lowest BCUT2D eigenvalue weighted by Gasteiger charge is -2.20. The molecular weight excluding hydrogens is 310 g/mol. The zero-order chi connectivity index (χ0) is 17.3. The highest BCUT2D eigenvalue weighted by molar-refractivity contribution is 7.90. The highest BCUT2D eigenvalue weighted by Crippen LogP contribution is 2.07. The van der Waals surface area contributed by atoms with Gasteiger partial charge < -0.3 is 10.6 Å². The Morgan fingerprint density at radius 1 is 1.17 bits per heavy atom. The molecule has 1 rings (SSSR count). The Bertz CT molecular complexity index is 583. The summed E-state index contributed by atoms with van der Waals surface area (Å²) in [5, 5.41) is 6.46. The molecule has 6 heteroatoms. The Balaban J connectivity index is 2.35. The van der Waals surface area contributed by atoms with E-state index in [1.807, 2.05) is 30.3 Å². The van der Waals surface area contributed by atoms with Gasteiger partial charge in [0.1, 0.15) is 0 Å². The third-order valence-corrected chi connectivity index (χ3v) is 5.43. The molecule has 0 aliphatic carbocycles. The first-order valence-corrected chi connectivity index (χ1v) is 9.87. The number of rotatable bonds is 8. The molecule has 0 aliphatic heterocycles. The van der Waals surface area contributed by atoms with E-state index in [2.05, 4.69) is 36.4 Å². The Hall–Kier alpha value is -1.56. The zero-order valence-electron chi connectivity index (χ0n) is 14.5. The molecule has 0 spiro atoms. The van der Waals surface area contributed by atoms with Crippen LogP contribution in [0.25, 0.3) is 0 Å². The van der Waals surface area contributed by atoms with Crippen molar-refractivity contribution in [2.24, 2.45) is 10.9 Å². The SMILES string of the molecule is CN=C(NCCCS(=O)(=O)Cc1ccccc1)NC(C)C(C)C. The molecule has 0 amide bonds. The van der Waals surface area contributed by atoms with Crippen molar-refractivity contribution in [2.45, 2.75) is 39.0 Å². The molecule has 1 aromatic carbocycles. The van der Waals surface area contributed by atoms with E-state index < -0.39 is 9.84 Å². The van der Waals surface area contributed by atoms with Crippen LogP contribution in [-0.4, -0.2) is 39.8 Å². The molecular formula is C17H29N3O2S. The summed E-state index contributed by atoms with van der Waals surface area (Å²) in [6.07, 6.45) is 0.561. The third kappa shape index (κ3) is 8.02. The lowest BCUT2D eigenvalue weighted by molar-refractivity contribution is 0.481. The minimum absolute atomic E-state index is 0.102. The van der Waals surface area contributed by atoms with E-state index >= 15 is 0 Å². The van der Waals surface area contributed by atoms with Gasteiger partial charge in [0.05, 0.1) is 11.5 Å². The molecule has 0 aromatic heterocycles. The van der Waals surface area contributed by atoms with E-state index in [0.29, 0.717) is 30.9 Å². The predicted octanol–water partition coefficient (Wildman–Crippen LogP) is 2.20. The van der Waals surface area contributed by atoms with E-state index in [9.17, 15) is 8.42 Å². The Morgan fingerprint density at radius 3 is 2.39 bits per heavy atom. The van der Waals surface area contributed by atoms with Crippen LogP contribution in [0.15, 0.2) is 35.3 Å². The van der Waals surface area contributed by atoms with Gasteiger partial charge in [-0.15, -0.1) is 0 Å². The molecule has 0 radical (unpaired) electrons. The van der Waals surface area contributed by atoms with Gasteiger partial charge in [0, 0.05) is 19.6 Å². The summed E-state index contributed by atoms with van der Waals surface area (Å²) in [6, 6.07) is 9.60. The van der Waals surface area contributed by atoms with Crippen molar-refractivity contribution in [1.82, 2.24) is 10.6 Å². The average Bonchev–Trinajstić information content (AvgIpc) is 2.50. The van der Waals surface area contributed by atoms with Crippen LogP contribution in [0.3, 0.4) is 0 Å². The number of aliphatic imine (C=N–C) groups is 1. The quantitative estimate of drug-likeness (QED) is 0.433. The minimum Gasteiger partial charge on any atom is -0.356 e. The summed E-state index contributed by atoms with van der Waals surface area (Å²) < 4.78 is 24.2. The highest BCUT2D eigenvalue weighted by Gasteiger charge is 2.12. The maximum atomic E-state index is 12.1. The molecule has 0 saturated heterocycles. The first kappa shape index (κ1) is 19.5. The van der Waals surface area contributed by atoms with E-state index in [1.165, 1.54) is 0 Å². The second kappa shape index (κ2) is 9.55. The maximum absolute atomic E-state index is 12.1. The van der Waals surface area contributed by atoms with Gasteiger partial charge in [0.25, 0.3) is 0 Å². The standard InChI is InChI=1S/C17H29N3O2S/c1-14(2)15(3)20-17(18-4)19-11-8-12-23(21,22)13-16-9-6-5-7-10-16/h5-7,9-10,14-15H,8,11-13H2,1-4H3,(H2,18,19,20). The molecule has 2 N–H and O–H groups in total. The van der Waals surface area contributed by atoms with Crippen LogP contribution in [0.4, 0.5) is 0 Å². The van der Waals surface area contributed by atoms with Crippen LogP contribution in [-0.2, 0) is 15.6 Å².